The Bertz CT molecular complexity index is 448. The molecule has 1 aromatic rings. The summed E-state index contributed by atoms with van der Waals surface area (Å²) >= 11 is 0. The number of hydrogen-bond acceptors (Lipinski definition) is 4. The van der Waals surface area contributed by atoms with E-state index in [4.69, 9.17) is 5.73 Å². The summed E-state index contributed by atoms with van der Waals surface area (Å²) in [6, 6.07) is 6.15. The van der Waals surface area contributed by atoms with Crippen molar-refractivity contribution < 1.29 is 9.90 Å². The molecular formula is C14H21N3O2. The fourth-order valence-corrected chi connectivity index (χ4v) is 2.18. The van der Waals surface area contributed by atoms with Crippen LogP contribution in [0.3, 0.4) is 0 Å². The Labute approximate surface area is 113 Å². The largest absolute Gasteiger partial charge is 0.390 e. The van der Waals surface area contributed by atoms with E-state index in [1.54, 1.807) is 0 Å². The van der Waals surface area contributed by atoms with Crippen LogP contribution in [0.4, 0.5) is 5.69 Å². The molecule has 2 rings (SSSR count). The molecule has 0 aromatic heterocycles. The third kappa shape index (κ3) is 4.02. The molecule has 104 valence electrons. The van der Waals surface area contributed by atoms with E-state index in [2.05, 4.69) is 16.7 Å². The minimum atomic E-state index is -0.473. The second-order valence-corrected chi connectivity index (χ2v) is 4.88. The molecule has 1 atom stereocenters. The average Bonchev–Trinajstić information content (AvgIpc) is 2.43. The summed E-state index contributed by atoms with van der Waals surface area (Å²) in [6.07, 6.45) is 1.81. The van der Waals surface area contributed by atoms with Gasteiger partial charge in [-0.05, 0) is 36.6 Å². The maximum absolute atomic E-state index is 11.3. The summed E-state index contributed by atoms with van der Waals surface area (Å²) < 4.78 is 0. The van der Waals surface area contributed by atoms with Crippen molar-refractivity contribution >= 4 is 11.6 Å². The maximum atomic E-state index is 11.3. The maximum Gasteiger partial charge on any atom is 0.224 e. The van der Waals surface area contributed by atoms with Gasteiger partial charge in [0.2, 0.25) is 5.91 Å². The molecule has 19 heavy (non-hydrogen) atoms. The second kappa shape index (κ2) is 6.65. The van der Waals surface area contributed by atoms with Crippen LogP contribution < -0.4 is 16.4 Å². The van der Waals surface area contributed by atoms with Crippen molar-refractivity contribution in [3.8, 4) is 0 Å². The van der Waals surface area contributed by atoms with Crippen LogP contribution in [0, 0.1) is 0 Å². The topological polar surface area (TPSA) is 87.4 Å². The minimum absolute atomic E-state index is 0.0951. The number of nitrogens with one attached hydrogen (secondary N) is 2. The second-order valence-electron chi connectivity index (χ2n) is 4.88. The van der Waals surface area contributed by atoms with Gasteiger partial charge in [-0.2, -0.15) is 0 Å². The van der Waals surface area contributed by atoms with E-state index in [-0.39, 0.29) is 12.5 Å². The Morgan fingerprint density at radius 2 is 2.26 bits per heavy atom. The highest BCUT2D eigenvalue weighted by Gasteiger charge is 2.14. The number of benzene rings is 1. The molecule has 0 bridgehead atoms. The predicted molar refractivity (Wildman–Crippen MR) is 75.0 cm³/mol. The van der Waals surface area contributed by atoms with Gasteiger partial charge in [0.05, 0.1) is 6.10 Å². The lowest BCUT2D eigenvalue weighted by molar-refractivity contribution is -0.116. The van der Waals surface area contributed by atoms with Crippen LogP contribution in [-0.2, 0) is 17.6 Å². The SMILES string of the molecule is NCC(O)CNCCc1ccc2c(c1)CCC(=O)N2. The van der Waals surface area contributed by atoms with Gasteiger partial charge in [0, 0.05) is 25.2 Å². The number of amides is 1. The van der Waals surface area contributed by atoms with Crippen LogP contribution >= 0.6 is 0 Å². The van der Waals surface area contributed by atoms with Gasteiger partial charge in [-0.25, -0.2) is 0 Å². The molecule has 0 aliphatic carbocycles. The quantitative estimate of drug-likeness (QED) is 0.545. The number of rotatable bonds is 6. The van der Waals surface area contributed by atoms with Crippen LogP contribution in [0.5, 0.6) is 0 Å². The van der Waals surface area contributed by atoms with Crippen molar-refractivity contribution in [1.29, 1.82) is 0 Å². The van der Waals surface area contributed by atoms with E-state index in [0.29, 0.717) is 13.0 Å². The number of nitrogens with two attached hydrogens (primary N) is 1. The normalized spacial score (nSPS) is 15.8. The first-order valence-corrected chi connectivity index (χ1v) is 6.69. The molecule has 1 amide bonds. The number of anilines is 1. The molecule has 1 unspecified atom stereocenters. The van der Waals surface area contributed by atoms with E-state index in [1.165, 1.54) is 11.1 Å². The molecular weight excluding hydrogens is 242 g/mol. The van der Waals surface area contributed by atoms with Crippen molar-refractivity contribution in [3.63, 3.8) is 0 Å². The van der Waals surface area contributed by atoms with Gasteiger partial charge < -0.3 is 21.5 Å². The molecule has 5 N–H and O–H groups in total. The Hall–Kier alpha value is -1.43. The van der Waals surface area contributed by atoms with Crippen LogP contribution in [0.15, 0.2) is 18.2 Å². The minimum Gasteiger partial charge on any atom is -0.390 e. The monoisotopic (exact) mass is 263 g/mol. The van der Waals surface area contributed by atoms with Crippen LogP contribution in [0.2, 0.25) is 0 Å². The summed E-state index contributed by atoms with van der Waals surface area (Å²) in [5, 5.41) is 15.4. The molecule has 0 fully saturated rings. The van der Waals surface area contributed by atoms with E-state index in [9.17, 15) is 9.90 Å². The molecule has 0 saturated heterocycles. The number of fused-ring (bicyclic) bond motifs is 1. The molecule has 5 nitrogen and oxygen atoms in total. The Balaban J connectivity index is 1.83. The van der Waals surface area contributed by atoms with E-state index < -0.39 is 6.10 Å². The Morgan fingerprint density at radius 3 is 3.05 bits per heavy atom. The Kier molecular flexibility index (Phi) is 4.90. The lowest BCUT2D eigenvalue weighted by Crippen LogP contribution is -2.33. The third-order valence-corrected chi connectivity index (χ3v) is 3.31. The van der Waals surface area contributed by atoms with Gasteiger partial charge in [-0.1, -0.05) is 12.1 Å². The summed E-state index contributed by atoms with van der Waals surface area (Å²) in [4.78, 5) is 11.3. The number of carbonyl (C=O) groups excluding carboxylic acids is 1. The number of hydrogen-bond donors (Lipinski definition) is 4. The molecule has 1 aliphatic rings. The summed E-state index contributed by atoms with van der Waals surface area (Å²) in [6.45, 7) is 1.62. The van der Waals surface area contributed by atoms with Gasteiger partial charge in [0.1, 0.15) is 0 Å². The van der Waals surface area contributed by atoms with Crippen molar-refractivity contribution in [1.82, 2.24) is 5.32 Å². The van der Waals surface area contributed by atoms with E-state index >= 15 is 0 Å². The van der Waals surface area contributed by atoms with Crippen LogP contribution in [-0.4, -0.2) is 36.8 Å². The van der Waals surface area contributed by atoms with Crippen molar-refractivity contribution in [2.45, 2.75) is 25.4 Å². The fourth-order valence-electron chi connectivity index (χ4n) is 2.18. The number of aliphatic hydroxyl groups excluding tert-OH is 1. The van der Waals surface area contributed by atoms with Crippen molar-refractivity contribution in [2.75, 3.05) is 25.0 Å². The first kappa shape index (κ1) is 14.0. The van der Waals surface area contributed by atoms with Gasteiger partial charge >= 0.3 is 0 Å². The predicted octanol–water partition coefficient (Wildman–Crippen LogP) is 0.0230. The lowest BCUT2D eigenvalue weighted by Gasteiger charge is -2.17. The zero-order valence-electron chi connectivity index (χ0n) is 11.0. The van der Waals surface area contributed by atoms with Gasteiger partial charge in [0.15, 0.2) is 0 Å². The highest BCUT2D eigenvalue weighted by Crippen LogP contribution is 2.23. The average molecular weight is 263 g/mol. The zero-order valence-corrected chi connectivity index (χ0v) is 11.0. The summed E-state index contributed by atoms with van der Waals surface area (Å²) in [5.41, 5.74) is 8.71. The first-order valence-electron chi connectivity index (χ1n) is 6.69. The molecule has 0 radical (unpaired) electrons. The fraction of sp³-hybridized carbons (Fsp3) is 0.500. The molecule has 1 heterocycles. The number of aryl methyl sites for hydroxylation is 1. The zero-order chi connectivity index (χ0) is 13.7. The first-order chi connectivity index (χ1) is 9.19. The molecule has 0 saturated carbocycles. The van der Waals surface area contributed by atoms with Crippen molar-refractivity contribution in [3.05, 3.63) is 29.3 Å². The lowest BCUT2D eigenvalue weighted by atomic mass is 9.99. The van der Waals surface area contributed by atoms with Crippen LogP contribution in [0.1, 0.15) is 17.5 Å². The molecule has 5 heteroatoms. The number of carbonyl (C=O) groups is 1. The standard InChI is InChI=1S/C14H21N3O2/c15-8-12(18)9-16-6-5-10-1-3-13-11(7-10)2-4-14(19)17-13/h1,3,7,12,16,18H,2,4-6,8-9,15H2,(H,17,19). The van der Waals surface area contributed by atoms with Gasteiger partial charge in [-0.3, -0.25) is 4.79 Å². The van der Waals surface area contributed by atoms with Crippen molar-refractivity contribution in [2.24, 2.45) is 5.73 Å². The van der Waals surface area contributed by atoms with E-state index in [0.717, 1.165) is 25.1 Å². The molecule has 1 aliphatic heterocycles. The summed E-state index contributed by atoms with van der Waals surface area (Å²) in [5.74, 6) is 0.0951. The van der Waals surface area contributed by atoms with Crippen LogP contribution in [0.25, 0.3) is 0 Å². The molecule has 0 spiro atoms. The van der Waals surface area contributed by atoms with Gasteiger partial charge in [0.25, 0.3) is 0 Å². The molecule has 1 aromatic carbocycles. The third-order valence-electron chi connectivity index (χ3n) is 3.31. The summed E-state index contributed by atoms with van der Waals surface area (Å²) in [7, 11) is 0. The number of aliphatic hydroxyl groups is 1. The Morgan fingerprint density at radius 1 is 1.42 bits per heavy atom. The van der Waals surface area contributed by atoms with Gasteiger partial charge in [-0.15, -0.1) is 0 Å². The highest BCUT2D eigenvalue weighted by atomic mass is 16.3. The van der Waals surface area contributed by atoms with E-state index in [1.807, 2.05) is 12.1 Å². The smallest absolute Gasteiger partial charge is 0.224 e. The highest BCUT2D eigenvalue weighted by molar-refractivity contribution is 5.93.